The van der Waals surface area contributed by atoms with Crippen LogP contribution in [0.2, 0.25) is 5.02 Å². The van der Waals surface area contributed by atoms with Gasteiger partial charge in [-0.15, -0.1) is 0 Å². The minimum Gasteiger partial charge on any atom is -0.459 e. The van der Waals surface area contributed by atoms with E-state index in [4.69, 9.17) is 38.0 Å². The molecule has 7 nitrogen and oxygen atoms in total. The van der Waals surface area contributed by atoms with Gasteiger partial charge in [-0.3, -0.25) is 0 Å². The van der Waals surface area contributed by atoms with Crippen molar-refractivity contribution in [3.05, 3.63) is 83.6 Å². The van der Waals surface area contributed by atoms with Crippen LogP contribution in [0.5, 0.6) is 11.6 Å². The maximum atomic E-state index is 6.04. The van der Waals surface area contributed by atoms with Gasteiger partial charge in [-0.1, -0.05) is 29.8 Å². The van der Waals surface area contributed by atoms with E-state index < -0.39 is 0 Å². The second kappa shape index (κ2) is 11.6. The summed E-state index contributed by atoms with van der Waals surface area (Å²) in [6.07, 6.45) is 3.48. The van der Waals surface area contributed by atoms with Crippen LogP contribution in [0.15, 0.2) is 77.2 Å². The average Bonchev–Trinajstić information content (AvgIpc) is 3.38. The number of furan rings is 1. The van der Waals surface area contributed by atoms with E-state index in [1.54, 1.807) is 0 Å². The molecule has 0 spiro atoms. The van der Waals surface area contributed by atoms with Crippen LogP contribution >= 0.6 is 23.8 Å². The molecular weight excluding hydrogens is 506 g/mol. The lowest BCUT2D eigenvalue weighted by Gasteiger charge is -2.34. The predicted molar refractivity (Wildman–Crippen MR) is 151 cm³/mol. The number of para-hydroxylation sites is 1. The second-order valence-electron chi connectivity index (χ2n) is 8.92. The van der Waals surface area contributed by atoms with E-state index in [2.05, 4.69) is 27.4 Å². The minimum atomic E-state index is 0.375. The molecule has 2 aromatic heterocycles. The SMILES string of the molecule is C[C@H]1CCCCN1c1cc(Oc2ccccc2)nc(NC(=S)NCc2ccc(-c3ccc(Cl)cc3)o2)n1. The standard InChI is InChI=1S/C28H28ClN5O2S/c1-19-7-5-6-16-34(19)25-17-26(36-22-8-3-2-4-9-22)32-27(31-25)33-28(37)30-18-23-14-15-24(35-23)20-10-12-21(29)13-11-20/h2-4,8-15,17,19H,5-7,16,18H2,1H3,(H2,30,31,32,33,37)/t19-/m0/s1. The number of anilines is 2. The number of aromatic nitrogens is 2. The molecule has 4 aromatic rings. The van der Waals surface area contributed by atoms with Crippen molar-refractivity contribution in [2.24, 2.45) is 0 Å². The molecule has 9 heteroatoms. The van der Waals surface area contributed by atoms with Crippen LogP contribution in [-0.2, 0) is 6.54 Å². The van der Waals surface area contributed by atoms with Crippen molar-refractivity contribution in [3.8, 4) is 23.0 Å². The lowest BCUT2D eigenvalue weighted by molar-refractivity contribution is 0.457. The van der Waals surface area contributed by atoms with E-state index in [-0.39, 0.29) is 0 Å². The molecule has 0 bridgehead atoms. The number of halogens is 1. The molecule has 37 heavy (non-hydrogen) atoms. The Kier molecular flexibility index (Phi) is 7.87. The van der Waals surface area contributed by atoms with Crippen molar-refractivity contribution in [2.75, 3.05) is 16.8 Å². The first-order chi connectivity index (χ1) is 18.0. The van der Waals surface area contributed by atoms with Crippen LogP contribution in [0.4, 0.5) is 11.8 Å². The molecule has 2 aromatic carbocycles. The highest BCUT2D eigenvalue weighted by molar-refractivity contribution is 7.80. The number of hydrogen-bond acceptors (Lipinski definition) is 6. The van der Waals surface area contributed by atoms with Gasteiger partial charge in [0.1, 0.15) is 23.1 Å². The highest BCUT2D eigenvalue weighted by atomic mass is 35.5. The molecule has 2 N–H and O–H groups in total. The Balaban J connectivity index is 1.28. The van der Waals surface area contributed by atoms with Gasteiger partial charge in [0.25, 0.3) is 0 Å². The smallest absolute Gasteiger partial charge is 0.234 e. The van der Waals surface area contributed by atoms with E-state index >= 15 is 0 Å². The Morgan fingerprint density at radius 2 is 1.89 bits per heavy atom. The Morgan fingerprint density at radius 3 is 2.68 bits per heavy atom. The number of thiocarbonyl (C=S) groups is 1. The van der Waals surface area contributed by atoms with E-state index in [9.17, 15) is 0 Å². The van der Waals surface area contributed by atoms with Gasteiger partial charge in [-0.05, 0) is 86.9 Å². The molecule has 1 aliphatic rings. The van der Waals surface area contributed by atoms with Gasteiger partial charge in [0.15, 0.2) is 5.11 Å². The van der Waals surface area contributed by atoms with Crippen molar-refractivity contribution < 1.29 is 9.15 Å². The lowest BCUT2D eigenvalue weighted by Crippen LogP contribution is -2.38. The molecule has 1 fully saturated rings. The summed E-state index contributed by atoms with van der Waals surface area (Å²) in [5.74, 6) is 3.87. The van der Waals surface area contributed by atoms with E-state index in [1.807, 2.05) is 72.8 Å². The summed E-state index contributed by atoms with van der Waals surface area (Å²) in [4.78, 5) is 11.6. The zero-order chi connectivity index (χ0) is 25.6. The number of nitrogens with zero attached hydrogens (tertiary/aromatic N) is 3. The molecule has 3 heterocycles. The molecule has 0 aliphatic carbocycles. The summed E-state index contributed by atoms with van der Waals surface area (Å²) >= 11 is 11.5. The van der Waals surface area contributed by atoms with Crippen molar-refractivity contribution in [2.45, 2.75) is 38.8 Å². The maximum absolute atomic E-state index is 6.04. The number of hydrogen-bond donors (Lipinski definition) is 2. The van der Waals surface area contributed by atoms with Crippen LogP contribution in [0.1, 0.15) is 31.9 Å². The molecule has 0 radical (unpaired) electrons. The number of rotatable bonds is 7. The van der Waals surface area contributed by atoms with Crippen LogP contribution in [-0.4, -0.2) is 27.7 Å². The average molecular weight is 534 g/mol. The largest absolute Gasteiger partial charge is 0.459 e. The summed E-state index contributed by atoms with van der Waals surface area (Å²) in [5, 5.41) is 7.36. The second-order valence-corrected chi connectivity index (χ2v) is 9.77. The highest BCUT2D eigenvalue weighted by Gasteiger charge is 2.22. The van der Waals surface area contributed by atoms with Gasteiger partial charge in [0, 0.05) is 29.2 Å². The van der Waals surface area contributed by atoms with Crippen LogP contribution < -0.4 is 20.3 Å². The summed E-state index contributed by atoms with van der Waals surface area (Å²) in [7, 11) is 0. The quantitative estimate of drug-likeness (QED) is 0.245. The first-order valence-corrected chi connectivity index (χ1v) is 13.1. The molecule has 190 valence electrons. The summed E-state index contributed by atoms with van der Waals surface area (Å²) in [6, 6.07) is 23.2. The third kappa shape index (κ3) is 6.58. The minimum absolute atomic E-state index is 0.375. The van der Waals surface area contributed by atoms with Gasteiger partial charge in [0.05, 0.1) is 6.54 Å². The number of benzene rings is 2. The number of piperidine rings is 1. The Hall–Kier alpha value is -3.62. The normalized spacial score (nSPS) is 15.3. The summed E-state index contributed by atoms with van der Waals surface area (Å²) in [5.41, 5.74) is 0.958. The van der Waals surface area contributed by atoms with Gasteiger partial charge >= 0.3 is 0 Å². The molecule has 0 saturated carbocycles. The number of nitrogens with one attached hydrogen (secondary N) is 2. The molecule has 1 aliphatic heterocycles. The molecular formula is C28H28ClN5O2S. The molecule has 0 amide bonds. The van der Waals surface area contributed by atoms with Crippen molar-refractivity contribution in [1.82, 2.24) is 15.3 Å². The molecule has 0 unspecified atom stereocenters. The highest BCUT2D eigenvalue weighted by Crippen LogP contribution is 2.29. The zero-order valence-corrected chi connectivity index (χ0v) is 22.1. The topological polar surface area (TPSA) is 75.5 Å². The Labute approximate surface area is 226 Å². The van der Waals surface area contributed by atoms with E-state index in [0.29, 0.717) is 40.3 Å². The van der Waals surface area contributed by atoms with Crippen LogP contribution in [0.25, 0.3) is 11.3 Å². The van der Waals surface area contributed by atoms with Gasteiger partial charge in [-0.2, -0.15) is 9.97 Å². The predicted octanol–water partition coefficient (Wildman–Crippen LogP) is 7.05. The van der Waals surface area contributed by atoms with E-state index in [1.165, 1.54) is 6.42 Å². The van der Waals surface area contributed by atoms with Crippen molar-refractivity contribution in [3.63, 3.8) is 0 Å². The third-order valence-electron chi connectivity index (χ3n) is 6.19. The Bertz CT molecular complexity index is 1350. The molecule has 5 rings (SSSR count). The fourth-order valence-corrected chi connectivity index (χ4v) is 4.56. The first kappa shape index (κ1) is 25.0. The van der Waals surface area contributed by atoms with Crippen molar-refractivity contribution >= 4 is 40.7 Å². The summed E-state index contributed by atoms with van der Waals surface area (Å²) < 4.78 is 12.0. The lowest BCUT2D eigenvalue weighted by atomic mass is 10.0. The fraction of sp³-hybridized carbons (Fsp3) is 0.250. The monoisotopic (exact) mass is 533 g/mol. The first-order valence-electron chi connectivity index (χ1n) is 12.3. The van der Waals surface area contributed by atoms with Gasteiger partial charge < -0.3 is 24.7 Å². The molecule has 1 atom stereocenters. The van der Waals surface area contributed by atoms with Crippen LogP contribution in [0.3, 0.4) is 0 Å². The fourth-order valence-electron chi connectivity index (χ4n) is 4.27. The zero-order valence-electron chi connectivity index (χ0n) is 20.5. The van der Waals surface area contributed by atoms with E-state index in [0.717, 1.165) is 42.3 Å². The summed E-state index contributed by atoms with van der Waals surface area (Å²) in [6.45, 7) is 3.58. The maximum Gasteiger partial charge on any atom is 0.234 e. The van der Waals surface area contributed by atoms with Crippen molar-refractivity contribution in [1.29, 1.82) is 0 Å². The van der Waals surface area contributed by atoms with Gasteiger partial charge in [0.2, 0.25) is 11.8 Å². The van der Waals surface area contributed by atoms with Gasteiger partial charge in [-0.25, -0.2) is 0 Å². The Morgan fingerprint density at radius 1 is 1.08 bits per heavy atom. The molecule has 1 saturated heterocycles. The number of ether oxygens (including phenoxy) is 1. The third-order valence-corrected chi connectivity index (χ3v) is 6.69. The van der Waals surface area contributed by atoms with Crippen LogP contribution in [0, 0.1) is 0 Å².